The normalized spacial score (nSPS) is 12.3. The summed E-state index contributed by atoms with van der Waals surface area (Å²) < 4.78 is 28.0. The number of carboxylic acid groups (broad SMARTS) is 1. The van der Waals surface area contributed by atoms with E-state index in [2.05, 4.69) is 10.6 Å². The molecule has 0 aliphatic carbocycles. The minimum absolute atomic E-state index is 0.0303. The van der Waals surface area contributed by atoms with Crippen molar-refractivity contribution < 1.29 is 33.4 Å². The van der Waals surface area contributed by atoms with E-state index in [4.69, 9.17) is 5.11 Å². The van der Waals surface area contributed by atoms with Crippen LogP contribution in [0.5, 0.6) is 0 Å². The number of hydrogen-bond donors (Lipinski definition) is 4. The standard InChI is InChI=1S/C35H44F2N4O5/c1-5-10-41(11-6-2)34(44)28-13-23(3)12-27(18-28)33(43)39-31(17-26-15-29(36)19-30(37)16-26)32(42)21-38-20-24-8-7-9-25(14-24)22-40(4)35(45)46/h7-9,12-16,18-19,31-32,38,42H,5-6,10-11,17,20-22H2,1-4H3,(H,39,43)(H,45,46)/t31-,32+/m0/s1. The van der Waals surface area contributed by atoms with Crippen molar-refractivity contribution in [3.05, 3.63) is 106 Å². The first-order valence-corrected chi connectivity index (χ1v) is 15.5. The fourth-order valence-corrected chi connectivity index (χ4v) is 5.28. The van der Waals surface area contributed by atoms with Gasteiger partial charge in [-0.3, -0.25) is 9.59 Å². The molecule has 3 rings (SSSR count). The predicted molar refractivity (Wildman–Crippen MR) is 173 cm³/mol. The number of aliphatic hydroxyl groups excluding tert-OH is 1. The zero-order valence-electron chi connectivity index (χ0n) is 26.9. The molecule has 11 heteroatoms. The second-order valence-electron chi connectivity index (χ2n) is 11.6. The Kier molecular flexibility index (Phi) is 13.6. The Bertz CT molecular complexity index is 1480. The number of nitrogens with zero attached hydrogens (tertiary/aromatic N) is 2. The third kappa shape index (κ3) is 10.9. The van der Waals surface area contributed by atoms with Crippen molar-refractivity contribution in [1.82, 2.24) is 20.4 Å². The monoisotopic (exact) mass is 638 g/mol. The van der Waals surface area contributed by atoms with Gasteiger partial charge in [-0.1, -0.05) is 38.1 Å². The highest BCUT2D eigenvalue weighted by atomic mass is 19.1. The molecule has 0 radical (unpaired) electrons. The molecule has 0 heterocycles. The fraction of sp³-hybridized carbons (Fsp3) is 0.400. The van der Waals surface area contributed by atoms with Crippen LogP contribution in [0.3, 0.4) is 0 Å². The molecular formula is C35H44F2N4O5. The van der Waals surface area contributed by atoms with Crippen molar-refractivity contribution in [2.45, 2.75) is 65.3 Å². The third-order valence-corrected chi connectivity index (χ3v) is 7.44. The van der Waals surface area contributed by atoms with Crippen molar-refractivity contribution in [2.75, 3.05) is 26.7 Å². The van der Waals surface area contributed by atoms with Crippen molar-refractivity contribution >= 4 is 17.9 Å². The lowest BCUT2D eigenvalue weighted by molar-refractivity contribution is 0.0755. The SMILES string of the molecule is CCCN(CCC)C(=O)c1cc(C)cc(C(=O)N[C@@H](Cc2cc(F)cc(F)c2)[C@H](O)CNCc2cccc(CN(C)C(=O)O)c2)c1. The van der Waals surface area contributed by atoms with Crippen LogP contribution in [0.15, 0.2) is 60.7 Å². The number of carbonyl (C=O) groups is 3. The number of rotatable bonds is 16. The summed E-state index contributed by atoms with van der Waals surface area (Å²) in [5, 5.41) is 26.3. The van der Waals surface area contributed by atoms with Gasteiger partial charge in [-0.15, -0.1) is 0 Å². The first kappa shape index (κ1) is 36.1. The Labute approximate surface area is 269 Å². The molecule has 248 valence electrons. The maximum absolute atomic E-state index is 14.0. The van der Waals surface area contributed by atoms with Crippen LogP contribution in [0.2, 0.25) is 0 Å². The van der Waals surface area contributed by atoms with E-state index in [1.807, 2.05) is 38.1 Å². The highest BCUT2D eigenvalue weighted by Crippen LogP contribution is 2.16. The molecule has 3 aromatic carbocycles. The second kappa shape index (κ2) is 17.4. The third-order valence-electron chi connectivity index (χ3n) is 7.44. The molecule has 0 unspecified atom stereocenters. The van der Waals surface area contributed by atoms with Crippen LogP contribution >= 0.6 is 0 Å². The highest BCUT2D eigenvalue weighted by Gasteiger charge is 2.24. The molecule has 0 aliphatic rings. The second-order valence-corrected chi connectivity index (χ2v) is 11.6. The minimum Gasteiger partial charge on any atom is -0.465 e. The number of carbonyl (C=O) groups excluding carboxylic acids is 2. The number of benzene rings is 3. The summed E-state index contributed by atoms with van der Waals surface area (Å²) in [6.07, 6.45) is -0.661. The van der Waals surface area contributed by atoms with Gasteiger partial charge >= 0.3 is 6.09 Å². The van der Waals surface area contributed by atoms with E-state index < -0.39 is 35.8 Å². The summed E-state index contributed by atoms with van der Waals surface area (Å²) in [7, 11) is 1.48. The molecule has 0 fully saturated rings. The van der Waals surface area contributed by atoms with Crippen LogP contribution in [0.25, 0.3) is 0 Å². The lowest BCUT2D eigenvalue weighted by atomic mass is 9.99. The lowest BCUT2D eigenvalue weighted by Crippen LogP contribution is -2.48. The summed E-state index contributed by atoms with van der Waals surface area (Å²) in [4.78, 5) is 40.9. The van der Waals surface area contributed by atoms with Gasteiger partial charge in [0.25, 0.3) is 11.8 Å². The van der Waals surface area contributed by atoms with Crippen molar-refractivity contribution in [2.24, 2.45) is 0 Å². The maximum Gasteiger partial charge on any atom is 0.407 e. The number of aryl methyl sites for hydroxylation is 1. The van der Waals surface area contributed by atoms with Crippen LogP contribution < -0.4 is 10.6 Å². The van der Waals surface area contributed by atoms with Crippen molar-refractivity contribution in [3.8, 4) is 0 Å². The Balaban J connectivity index is 1.78. The predicted octanol–water partition coefficient (Wildman–Crippen LogP) is 5.14. The van der Waals surface area contributed by atoms with E-state index >= 15 is 0 Å². The van der Waals surface area contributed by atoms with Gasteiger partial charge in [-0.05, 0) is 78.8 Å². The Hall–Kier alpha value is -4.35. The molecule has 0 aliphatic heterocycles. The Morgan fingerprint density at radius 1 is 0.870 bits per heavy atom. The van der Waals surface area contributed by atoms with Crippen LogP contribution in [0.4, 0.5) is 13.6 Å². The smallest absolute Gasteiger partial charge is 0.407 e. The van der Waals surface area contributed by atoms with Crippen LogP contribution in [0, 0.1) is 18.6 Å². The van der Waals surface area contributed by atoms with Gasteiger partial charge in [0.15, 0.2) is 0 Å². The van der Waals surface area contributed by atoms with E-state index in [0.29, 0.717) is 30.8 Å². The van der Waals surface area contributed by atoms with Gasteiger partial charge in [-0.25, -0.2) is 13.6 Å². The molecule has 0 spiro atoms. The molecule has 3 amide bonds. The van der Waals surface area contributed by atoms with E-state index in [9.17, 15) is 28.3 Å². The van der Waals surface area contributed by atoms with Gasteiger partial charge < -0.3 is 30.6 Å². The Morgan fingerprint density at radius 2 is 1.50 bits per heavy atom. The molecule has 2 atom stereocenters. The van der Waals surface area contributed by atoms with Gasteiger partial charge in [0, 0.05) is 57.0 Å². The molecule has 46 heavy (non-hydrogen) atoms. The molecule has 0 aromatic heterocycles. The van der Waals surface area contributed by atoms with Crippen molar-refractivity contribution in [1.29, 1.82) is 0 Å². The topological polar surface area (TPSA) is 122 Å². The molecule has 0 bridgehead atoms. The quantitative estimate of drug-likeness (QED) is 0.173. The molecular weight excluding hydrogens is 594 g/mol. The molecule has 4 N–H and O–H groups in total. The summed E-state index contributed by atoms with van der Waals surface area (Å²) >= 11 is 0. The number of nitrogens with one attached hydrogen (secondary N) is 2. The van der Waals surface area contributed by atoms with E-state index in [1.54, 1.807) is 24.0 Å². The van der Waals surface area contributed by atoms with Crippen molar-refractivity contribution in [3.63, 3.8) is 0 Å². The number of amides is 3. The summed E-state index contributed by atoms with van der Waals surface area (Å²) in [6.45, 7) is 7.55. The van der Waals surface area contributed by atoms with Gasteiger partial charge in [-0.2, -0.15) is 0 Å². The maximum atomic E-state index is 14.0. The molecule has 0 saturated carbocycles. The first-order chi connectivity index (χ1) is 21.9. The molecule has 9 nitrogen and oxygen atoms in total. The number of halogens is 2. The zero-order valence-corrected chi connectivity index (χ0v) is 26.9. The lowest BCUT2D eigenvalue weighted by Gasteiger charge is -2.25. The molecule has 0 saturated heterocycles. The van der Waals surface area contributed by atoms with Crippen LogP contribution in [-0.4, -0.2) is 76.7 Å². The number of hydrogen-bond acceptors (Lipinski definition) is 5. The van der Waals surface area contributed by atoms with E-state index in [1.165, 1.54) is 18.0 Å². The first-order valence-electron chi connectivity index (χ1n) is 15.5. The van der Waals surface area contributed by atoms with E-state index in [-0.39, 0.29) is 36.5 Å². The van der Waals surface area contributed by atoms with Crippen LogP contribution in [-0.2, 0) is 19.5 Å². The zero-order chi connectivity index (χ0) is 33.8. The average molecular weight is 639 g/mol. The largest absolute Gasteiger partial charge is 0.465 e. The Morgan fingerprint density at radius 3 is 2.13 bits per heavy atom. The van der Waals surface area contributed by atoms with Gasteiger partial charge in [0.05, 0.1) is 12.1 Å². The summed E-state index contributed by atoms with van der Waals surface area (Å²) in [6, 6.07) is 14.4. The summed E-state index contributed by atoms with van der Waals surface area (Å²) in [5.74, 6) is -2.25. The molecule has 3 aromatic rings. The summed E-state index contributed by atoms with van der Waals surface area (Å²) in [5.41, 5.74) is 3.24. The van der Waals surface area contributed by atoms with Gasteiger partial charge in [0.2, 0.25) is 0 Å². The van der Waals surface area contributed by atoms with Crippen LogP contribution in [0.1, 0.15) is 69.7 Å². The fourth-order valence-electron chi connectivity index (χ4n) is 5.28. The minimum atomic E-state index is -1.16. The average Bonchev–Trinajstić information content (AvgIpc) is 2.99. The number of aliphatic hydroxyl groups is 1. The highest BCUT2D eigenvalue weighted by molar-refractivity contribution is 6.00. The van der Waals surface area contributed by atoms with Gasteiger partial charge in [0.1, 0.15) is 11.6 Å². The van der Waals surface area contributed by atoms with E-state index in [0.717, 1.165) is 42.2 Å².